The number of imidazole rings is 1. The molecule has 0 unspecified atom stereocenters. The first-order valence-electron chi connectivity index (χ1n) is 7.46. The molecule has 1 fully saturated rings. The molecular formula is C15H16FN7. The maximum absolute atomic E-state index is 13.3. The Morgan fingerprint density at radius 2 is 1.78 bits per heavy atom. The molecule has 0 aromatic carbocycles. The molecule has 7 nitrogen and oxygen atoms in total. The lowest BCUT2D eigenvalue weighted by Gasteiger charge is -2.36. The summed E-state index contributed by atoms with van der Waals surface area (Å²) in [6.07, 6.45) is 4.82. The highest BCUT2D eigenvalue weighted by molar-refractivity contribution is 5.83. The molecule has 8 heteroatoms. The number of halogens is 1. The van der Waals surface area contributed by atoms with E-state index in [0.29, 0.717) is 0 Å². The average molecular weight is 313 g/mol. The van der Waals surface area contributed by atoms with Crippen LogP contribution in [0, 0.1) is 5.95 Å². The van der Waals surface area contributed by atoms with Gasteiger partial charge in [-0.05, 0) is 6.07 Å². The number of rotatable bonds is 2. The predicted molar refractivity (Wildman–Crippen MR) is 84.9 cm³/mol. The maximum Gasteiger partial charge on any atom is 0.214 e. The van der Waals surface area contributed by atoms with E-state index in [4.69, 9.17) is 0 Å². The van der Waals surface area contributed by atoms with E-state index in [1.807, 2.05) is 17.7 Å². The van der Waals surface area contributed by atoms with Gasteiger partial charge in [0.05, 0.1) is 6.33 Å². The molecule has 0 N–H and O–H groups in total. The van der Waals surface area contributed by atoms with Crippen LogP contribution in [0.4, 0.5) is 15.9 Å². The van der Waals surface area contributed by atoms with E-state index >= 15 is 0 Å². The summed E-state index contributed by atoms with van der Waals surface area (Å²) in [4.78, 5) is 21.0. The summed E-state index contributed by atoms with van der Waals surface area (Å²) in [5, 5.41) is 0. The highest BCUT2D eigenvalue weighted by Gasteiger charge is 2.21. The van der Waals surface area contributed by atoms with E-state index in [-0.39, 0.29) is 0 Å². The lowest BCUT2D eigenvalue weighted by Crippen LogP contribution is -2.47. The Kier molecular flexibility index (Phi) is 3.29. The van der Waals surface area contributed by atoms with E-state index in [1.54, 1.807) is 12.7 Å². The van der Waals surface area contributed by atoms with Crippen molar-refractivity contribution in [3.63, 3.8) is 0 Å². The quantitative estimate of drug-likeness (QED) is 0.663. The Balaban J connectivity index is 1.55. The fourth-order valence-electron chi connectivity index (χ4n) is 2.93. The third-order valence-corrected chi connectivity index (χ3v) is 4.13. The molecule has 1 saturated heterocycles. The van der Waals surface area contributed by atoms with Crippen molar-refractivity contribution < 1.29 is 4.39 Å². The Labute approximate surface area is 132 Å². The summed E-state index contributed by atoms with van der Waals surface area (Å²) in [7, 11) is 1.92. The molecule has 3 aromatic rings. The normalized spacial score (nSPS) is 15.4. The zero-order valence-electron chi connectivity index (χ0n) is 12.7. The highest BCUT2D eigenvalue weighted by atomic mass is 19.1. The minimum absolute atomic E-state index is 0.448. The van der Waals surface area contributed by atoms with Crippen molar-refractivity contribution in [2.75, 3.05) is 36.0 Å². The molecule has 0 aliphatic carbocycles. The molecule has 1 aliphatic heterocycles. The highest BCUT2D eigenvalue weighted by Crippen LogP contribution is 2.23. The lowest BCUT2D eigenvalue weighted by atomic mass is 10.2. The number of piperazine rings is 1. The second-order valence-electron chi connectivity index (χ2n) is 5.54. The first-order chi connectivity index (χ1) is 11.2. The smallest absolute Gasteiger partial charge is 0.214 e. The first-order valence-corrected chi connectivity index (χ1v) is 7.46. The van der Waals surface area contributed by atoms with Crippen molar-refractivity contribution in [2.45, 2.75) is 0 Å². The van der Waals surface area contributed by atoms with E-state index in [9.17, 15) is 4.39 Å². The van der Waals surface area contributed by atoms with Crippen molar-refractivity contribution in [1.29, 1.82) is 0 Å². The van der Waals surface area contributed by atoms with Crippen LogP contribution in [-0.2, 0) is 7.05 Å². The molecule has 23 heavy (non-hydrogen) atoms. The second kappa shape index (κ2) is 5.45. The van der Waals surface area contributed by atoms with Crippen molar-refractivity contribution in [2.24, 2.45) is 7.05 Å². The minimum atomic E-state index is -0.448. The van der Waals surface area contributed by atoms with E-state index in [0.717, 1.165) is 48.8 Å². The molecule has 0 radical (unpaired) electrons. The number of hydrogen-bond donors (Lipinski definition) is 0. The Bertz CT molecular complexity index is 839. The van der Waals surface area contributed by atoms with Gasteiger partial charge >= 0.3 is 0 Å². The van der Waals surface area contributed by atoms with Crippen molar-refractivity contribution in [3.8, 4) is 0 Å². The SMILES string of the molecule is Cn1cnc2c(N3CCN(c4ccnc(F)c4)CC3)ncnc21. The average Bonchev–Trinajstić information content (AvgIpc) is 2.97. The van der Waals surface area contributed by atoms with Crippen LogP contribution in [-0.4, -0.2) is 50.7 Å². The van der Waals surface area contributed by atoms with Gasteiger partial charge in [-0.15, -0.1) is 0 Å². The zero-order valence-corrected chi connectivity index (χ0v) is 12.7. The zero-order chi connectivity index (χ0) is 15.8. The van der Waals surface area contributed by atoms with Gasteiger partial charge in [0.2, 0.25) is 5.95 Å². The monoisotopic (exact) mass is 313 g/mol. The summed E-state index contributed by atoms with van der Waals surface area (Å²) < 4.78 is 15.2. The molecule has 0 bridgehead atoms. The summed E-state index contributed by atoms with van der Waals surface area (Å²) >= 11 is 0. The van der Waals surface area contributed by atoms with Gasteiger partial charge in [-0.2, -0.15) is 4.39 Å². The molecule has 0 amide bonds. The van der Waals surface area contributed by atoms with Crippen molar-refractivity contribution in [3.05, 3.63) is 36.9 Å². The number of nitrogens with zero attached hydrogens (tertiary/aromatic N) is 7. The number of anilines is 2. The molecule has 1 aliphatic rings. The molecule has 0 atom stereocenters. The fraction of sp³-hybridized carbons (Fsp3) is 0.333. The molecular weight excluding hydrogens is 297 g/mol. The maximum atomic E-state index is 13.3. The number of pyridine rings is 1. The Morgan fingerprint density at radius 3 is 2.57 bits per heavy atom. The summed E-state index contributed by atoms with van der Waals surface area (Å²) in [6, 6.07) is 3.30. The predicted octanol–water partition coefficient (Wildman–Crippen LogP) is 1.22. The third kappa shape index (κ3) is 2.45. The molecule has 4 heterocycles. The van der Waals surface area contributed by atoms with Crippen molar-refractivity contribution in [1.82, 2.24) is 24.5 Å². The van der Waals surface area contributed by atoms with Gasteiger partial charge in [0.25, 0.3) is 0 Å². The molecule has 4 rings (SSSR count). The van der Waals surface area contributed by atoms with Gasteiger partial charge in [0, 0.05) is 51.2 Å². The number of aryl methyl sites for hydroxylation is 1. The van der Waals surface area contributed by atoms with Gasteiger partial charge in [0.1, 0.15) is 6.33 Å². The van der Waals surface area contributed by atoms with Crippen LogP contribution < -0.4 is 9.80 Å². The molecule has 3 aromatic heterocycles. The van der Waals surface area contributed by atoms with Gasteiger partial charge in [-0.25, -0.2) is 19.9 Å². The summed E-state index contributed by atoms with van der Waals surface area (Å²) in [5.41, 5.74) is 2.51. The number of hydrogen-bond acceptors (Lipinski definition) is 6. The third-order valence-electron chi connectivity index (χ3n) is 4.13. The number of aromatic nitrogens is 5. The number of fused-ring (bicyclic) bond motifs is 1. The molecule has 0 spiro atoms. The fourth-order valence-corrected chi connectivity index (χ4v) is 2.93. The largest absolute Gasteiger partial charge is 0.368 e. The van der Waals surface area contributed by atoms with Crippen LogP contribution in [0.25, 0.3) is 11.2 Å². The molecule has 118 valence electrons. The topological polar surface area (TPSA) is 63.0 Å². The Hall–Kier alpha value is -2.77. The van der Waals surface area contributed by atoms with Gasteiger partial charge in [-0.1, -0.05) is 0 Å². The van der Waals surface area contributed by atoms with Crippen LogP contribution >= 0.6 is 0 Å². The first kappa shape index (κ1) is 13.9. The standard InChI is InChI=1S/C15H16FN7/c1-21-10-20-13-14(21)18-9-19-15(13)23-6-4-22(5-7-23)11-2-3-17-12(16)8-11/h2-3,8-10H,4-7H2,1H3. The van der Waals surface area contributed by atoms with Crippen LogP contribution in [0.2, 0.25) is 0 Å². The lowest BCUT2D eigenvalue weighted by molar-refractivity contribution is 0.580. The van der Waals surface area contributed by atoms with E-state index in [1.165, 1.54) is 12.3 Å². The second-order valence-corrected chi connectivity index (χ2v) is 5.54. The van der Waals surface area contributed by atoms with Crippen LogP contribution in [0.3, 0.4) is 0 Å². The van der Waals surface area contributed by atoms with Crippen molar-refractivity contribution >= 4 is 22.7 Å². The summed E-state index contributed by atoms with van der Waals surface area (Å²) in [5.74, 6) is 0.409. The van der Waals surface area contributed by atoms with Gasteiger partial charge in [0.15, 0.2) is 17.0 Å². The van der Waals surface area contributed by atoms with E-state index < -0.39 is 5.95 Å². The van der Waals surface area contributed by atoms with Crippen LogP contribution in [0.5, 0.6) is 0 Å². The minimum Gasteiger partial charge on any atom is -0.368 e. The van der Waals surface area contributed by atoms with Gasteiger partial charge < -0.3 is 14.4 Å². The van der Waals surface area contributed by atoms with Gasteiger partial charge in [-0.3, -0.25) is 0 Å². The molecule has 0 saturated carbocycles. The van der Waals surface area contributed by atoms with Crippen LogP contribution in [0.15, 0.2) is 31.0 Å². The van der Waals surface area contributed by atoms with E-state index in [2.05, 4.69) is 29.7 Å². The van der Waals surface area contributed by atoms with Crippen LogP contribution in [0.1, 0.15) is 0 Å². The Morgan fingerprint density at radius 1 is 1.00 bits per heavy atom. The summed E-state index contributed by atoms with van der Waals surface area (Å²) in [6.45, 7) is 3.18.